The molecule has 0 N–H and O–H groups in total. The first-order valence-corrected chi connectivity index (χ1v) is 6.86. The minimum absolute atomic E-state index is 0.0193. The Labute approximate surface area is 119 Å². The summed E-state index contributed by atoms with van der Waals surface area (Å²) in [5.74, 6) is 1.46. The summed E-state index contributed by atoms with van der Waals surface area (Å²) in [4.78, 5) is 11.2. The quantitative estimate of drug-likeness (QED) is 0.764. The zero-order valence-electron chi connectivity index (χ0n) is 12.3. The fourth-order valence-corrected chi connectivity index (χ4v) is 2.10. The van der Waals surface area contributed by atoms with Crippen LogP contribution in [0.25, 0.3) is 10.8 Å². The molecule has 0 aliphatic rings. The molecule has 0 radical (unpaired) electrons. The van der Waals surface area contributed by atoms with Gasteiger partial charge >= 0.3 is 0 Å². The van der Waals surface area contributed by atoms with Gasteiger partial charge in [0.2, 0.25) is 0 Å². The highest BCUT2D eigenvalue weighted by Gasteiger charge is 2.11. The second-order valence-corrected chi connectivity index (χ2v) is 5.32. The number of rotatable bonds is 5. The zero-order valence-corrected chi connectivity index (χ0v) is 12.3. The number of ether oxygens (including phenoxy) is 2. The van der Waals surface area contributed by atoms with Gasteiger partial charge in [0.15, 0.2) is 6.29 Å². The summed E-state index contributed by atoms with van der Waals surface area (Å²) in [7, 11) is 0. The molecule has 20 heavy (non-hydrogen) atoms. The summed E-state index contributed by atoms with van der Waals surface area (Å²) in [5, 5.41) is 1.93. The van der Waals surface area contributed by atoms with Crippen molar-refractivity contribution in [3.63, 3.8) is 0 Å². The normalized spacial score (nSPS) is 11.1. The molecule has 0 atom stereocenters. The molecule has 2 rings (SSSR count). The van der Waals surface area contributed by atoms with Gasteiger partial charge in [-0.2, -0.15) is 0 Å². The molecule has 106 valence electrons. The summed E-state index contributed by atoms with van der Waals surface area (Å²) in [6.07, 6.45) is 0.981. The molecule has 0 aromatic heterocycles. The number of hydrogen-bond acceptors (Lipinski definition) is 3. The van der Waals surface area contributed by atoms with Crippen molar-refractivity contribution in [2.45, 2.75) is 39.9 Å². The Kier molecular flexibility index (Phi) is 4.28. The van der Waals surface area contributed by atoms with E-state index in [1.165, 1.54) is 0 Å². The molecule has 0 aliphatic heterocycles. The first-order chi connectivity index (χ1) is 9.51. The fourth-order valence-electron chi connectivity index (χ4n) is 2.10. The minimum Gasteiger partial charge on any atom is -0.491 e. The molecule has 0 aliphatic carbocycles. The van der Waals surface area contributed by atoms with E-state index >= 15 is 0 Å². The maximum Gasteiger partial charge on any atom is 0.153 e. The van der Waals surface area contributed by atoms with Crippen LogP contribution in [0.2, 0.25) is 0 Å². The Balaban J connectivity index is 2.53. The molecule has 0 unspecified atom stereocenters. The molecule has 0 amide bonds. The number of benzene rings is 2. The first-order valence-electron chi connectivity index (χ1n) is 6.86. The molecule has 3 heteroatoms. The van der Waals surface area contributed by atoms with E-state index in [2.05, 4.69) is 0 Å². The van der Waals surface area contributed by atoms with Crippen LogP contribution in [0.3, 0.4) is 0 Å². The van der Waals surface area contributed by atoms with E-state index in [0.717, 1.165) is 22.8 Å². The van der Waals surface area contributed by atoms with Gasteiger partial charge in [0.25, 0.3) is 0 Å². The van der Waals surface area contributed by atoms with Crippen molar-refractivity contribution in [3.05, 3.63) is 35.9 Å². The molecule has 3 nitrogen and oxygen atoms in total. The Morgan fingerprint density at radius 3 is 2.25 bits per heavy atom. The number of aldehydes is 1. The monoisotopic (exact) mass is 272 g/mol. The molecular weight excluding hydrogens is 252 g/mol. The van der Waals surface area contributed by atoms with Crippen molar-refractivity contribution in [3.8, 4) is 11.5 Å². The average molecular weight is 272 g/mol. The maximum atomic E-state index is 11.2. The number of carbonyl (C=O) groups is 1. The molecule has 0 spiro atoms. The molecule has 0 heterocycles. The van der Waals surface area contributed by atoms with Crippen molar-refractivity contribution in [2.75, 3.05) is 0 Å². The summed E-state index contributed by atoms with van der Waals surface area (Å²) in [6, 6.07) is 9.52. The number of carbonyl (C=O) groups excluding carboxylic acids is 1. The van der Waals surface area contributed by atoms with Crippen molar-refractivity contribution in [2.24, 2.45) is 0 Å². The highest BCUT2D eigenvalue weighted by atomic mass is 16.5. The Morgan fingerprint density at radius 1 is 0.950 bits per heavy atom. The van der Waals surface area contributed by atoms with Gasteiger partial charge in [-0.15, -0.1) is 0 Å². The molecule has 2 aromatic rings. The van der Waals surface area contributed by atoms with E-state index in [4.69, 9.17) is 9.47 Å². The number of fused-ring (bicyclic) bond motifs is 1. The molecule has 0 fully saturated rings. The van der Waals surface area contributed by atoms with Crippen LogP contribution in [-0.2, 0) is 0 Å². The van der Waals surface area contributed by atoms with Crippen LogP contribution in [-0.4, -0.2) is 18.5 Å². The molecule has 2 aromatic carbocycles. The summed E-state index contributed by atoms with van der Waals surface area (Å²) >= 11 is 0. The summed E-state index contributed by atoms with van der Waals surface area (Å²) in [6.45, 7) is 7.88. The minimum atomic E-state index is 0.0193. The number of hydrogen-bond donors (Lipinski definition) is 0. The van der Waals surface area contributed by atoms with Crippen LogP contribution in [0.1, 0.15) is 38.1 Å². The van der Waals surface area contributed by atoms with E-state index in [1.807, 2.05) is 52.0 Å². The van der Waals surface area contributed by atoms with Crippen molar-refractivity contribution >= 4 is 17.1 Å². The average Bonchev–Trinajstić information content (AvgIpc) is 2.37. The van der Waals surface area contributed by atoms with Crippen molar-refractivity contribution in [1.29, 1.82) is 0 Å². The van der Waals surface area contributed by atoms with E-state index in [0.29, 0.717) is 11.3 Å². The Hall–Kier alpha value is -2.03. The van der Waals surface area contributed by atoms with Gasteiger partial charge in [-0.1, -0.05) is 6.07 Å². The molecule has 0 saturated heterocycles. The molecular formula is C17H20O3. The highest BCUT2D eigenvalue weighted by molar-refractivity contribution is 5.96. The predicted molar refractivity (Wildman–Crippen MR) is 80.9 cm³/mol. The van der Waals surface area contributed by atoms with Crippen LogP contribution < -0.4 is 9.47 Å². The van der Waals surface area contributed by atoms with Crippen LogP contribution in [0.15, 0.2) is 30.3 Å². The smallest absolute Gasteiger partial charge is 0.153 e. The van der Waals surface area contributed by atoms with Gasteiger partial charge in [-0.25, -0.2) is 0 Å². The van der Waals surface area contributed by atoms with E-state index < -0.39 is 0 Å². The van der Waals surface area contributed by atoms with E-state index in [9.17, 15) is 4.79 Å². The largest absolute Gasteiger partial charge is 0.491 e. The molecule has 0 saturated carbocycles. The highest BCUT2D eigenvalue weighted by Crippen LogP contribution is 2.32. The lowest BCUT2D eigenvalue weighted by Gasteiger charge is -2.16. The third-order valence-electron chi connectivity index (χ3n) is 2.82. The van der Waals surface area contributed by atoms with Crippen LogP contribution in [0.5, 0.6) is 11.5 Å². The SMILES string of the molecule is CC(C)Oc1ccc2c(OC(C)C)c(C=O)ccc2c1. The van der Waals surface area contributed by atoms with Gasteiger partial charge in [0, 0.05) is 5.39 Å². The summed E-state index contributed by atoms with van der Waals surface area (Å²) in [5.41, 5.74) is 0.573. The standard InChI is InChI=1S/C17H20O3/c1-11(2)19-15-7-8-16-13(9-15)5-6-14(10-18)17(16)20-12(3)4/h5-12H,1-4H3. The van der Waals surface area contributed by atoms with Crippen LogP contribution in [0.4, 0.5) is 0 Å². The first kappa shape index (κ1) is 14.4. The zero-order chi connectivity index (χ0) is 14.7. The van der Waals surface area contributed by atoms with Gasteiger partial charge < -0.3 is 9.47 Å². The van der Waals surface area contributed by atoms with Crippen LogP contribution in [0, 0.1) is 0 Å². The lowest BCUT2D eigenvalue weighted by Crippen LogP contribution is -2.08. The van der Waals surface area contributed by atoms with Crippen molar-refractivity contribution < 1.29 is 14.3 Å². The van der Waals surface area contributed by atoms with E-state index in [1.54, 1.807) is 6.07 Å². The van der Waals surface area contributed by atoms with E-state index in [-0.39, 0.29) is 12.2 Å². The second kappa shape index (κ2) is 5.95. The van der Waals surface area contributed by atoms with Gasteiger partial charge in [-0.3, -0.25) is 4.79 Å². The second-order valence-electron chi connectivity index (χ2n) is 5.32. The molecule has 0 bridgehead atoms. The third kappa shape index (κ3) is 3.10. The lowest BCUT2D eigenvalue weighted by atomic mass is 10.1. The Morgan fingerprint density at radius 2 is 1.65 bits per heavy atom. The van der Waals surface area contributed by atoms with Crippen molar-refractivity contribution in [1.82, 2.24) is 0 Å². The topological polar surface area (TPSA) is 35.5 Å². The Bertz CT molecular complexity index is 615. The fraction of sp³-hybridized carbons (Fsp3) is 0.353. The third-order valence-corrected chi connectivity index (χ3v) is 2.82. The van der Waals surface area contributed by atoms with Gasteiger partial charge in [-0.05, 0) is 57.3 Å². The van der Waals surface area contributed by atoms with Gasteiger partial charge in [0.05, 0.1) is 17.8 Å². The van der Waals surface area contributed by atoms with Crippen LogP contribution >= 0.6 is 0 Å². The maximum absolute atomic E-state index is 11.2. The van der Waals surface area contributed by atoms with Gasteiger partial charge in [0.1, 0.15) is 11.5 Å². The predicted octanol–water partition coefficient (Wildman–Crippen LogP) is 4.23. The lowest BCUT2D eigenvalue weighted by molar-refractivity contribution is 0.111. The summed E-state index contributed by atoms with van der Waals surface area (Å²) < 4.78 is 11.5.